The van der Waals surface area contributed by atoms with E-state index in [0.29, 0.717) is 19.1 Å². The molecule has 4 heteroatoms. The standard InChI is InChI=1S/C13H21NO3/c1-9(2)16-5-6-17-13-12(8-15)10(3)7-11(4)14-13/h7,9,15H,5-6,8H2,1-4H3. The number of ether oxygens (including phenoxy) is 2. The summed E-state index contributed by atoms with van der Waals surface area (Å²) < 4.78 is 10.9. The van der Waals surface area contributed by atoms with Crippen molar-refractivity contribution in [2.24, 2.45) is 0 Å². The first-order chi connectivity index (χ1) is 8.04. The maximum atomic E-state index is 9.28. The Morgan fingerprint density at radius 3 is 2.59 bits per heavy atom. The summed E-state index contributed by atoms with van der Waals surface area (Å²) in [5.74, 6) is 0.511. The molecule has 0 aliphatic carbocycles. The lowest BCUT2D eigenvalue weighted by Gasteiger charge is -2.13. The molecule has 0 saturated carbocycles. The van der Waals surface area contributed by atoms with Gasteiger partial charge in [-0.3, -0.25) is 0 Å². The molecule has 0 amide bonds. The number of rotatable bonds is 6. The molecule has 1 N–H and O–H groups in total. The molecule has 1 rings (SSSR count). The van der Waals surface area contributed by atoms with Gasteiger partial charge in [-0.1, -0.05) is 0 Å². The topological polar surface area (TPSA) is 51.6 Å². The second-order valence-electron chi connectivity index (χ2n) is 4.29. The first kappa shape index (κ1) is 13.9. The van der Waals surface area contributed by atoms with Gasteiger partial charge in [0, 0.05) is 11.3 Å². The second kappa shape index (κ2) is 6.57. The molecule has 0 saturated heterocycles. The van der Waals surface area contributed by atoms with Crippen LogP contribution in [0.15, 0.2) is 6.07 Å². The van der Waals surface area contributed by atoms with Gasteiger partial charge in [-0.05, 0) is 39.3 Å². The predicted molar refractivity (Wildman–Crippen MR) is 66.2 cm³/mol. The van der Waals surface area contributed by atoms with Crippen molar-refractivity contribution < 1.29 is 14.6 Å². The monoisotopic (exact) mass is 239 g/mol. The van der Waals surface area contributed by atoms with Crippen LogP contribution in [0.4, 0.5) is 0 Å². The van der Waals surface area contributed by atoms with Crippen molar-refractivity contribution in [3.05, 3.63) is 22.9 Å². The Bertz CT molecular complexity index is 364. The summed E-state index contributed by atoms with van der Waals surface area (Å²) in [6, 6.07) is 1.93. The highest BCUT2D eigenvalue weighted by Crippen LogP contribution is 2.20. The molecule has 4 nitrogen and oxygen atoms in total. The van der Waals surface area contributed by atoms with Gasteiger partial charge in [0.2, 0.25) is 5.88 Å². The Hall–Kier alpha value is -1.13. The summed E-state index contributed by atoms with van der Waals surface area (Å²) in [6.07, 6.45) is 0.197. The average Bonchev–Trinajstić information content (AvgIpc) is 2.23. The van der Waals surface area contributed by atoms with Gasteiger partial charge < -0.3 is 14.6 Å². The molecule has 96 valence electrons. The number of aliphatic hydroxyl groups excluding tert-OH is 1. The molecule has 0 spiro atoms. The minimum absolute atomic E-state index is 0.0561. The van der Waals surface area contributed by atoms with Crippen LogP contribution in [-0.4, -0.2) is 29.4 Å². The van der Waals surface area contributed by atoms with Crippen LogP contribution in [0.2, 0.25) is 0 Å². The molecule has 0 radical (unpaired) electrons. The molecule has 0 fully saturated rings. The van der Waals surface area contributed by atoms with Gasteiger partial charge in [0.25, 0.3) is 0 Å². The van der Waals surface area contributed by atoms with E-state index < -0.39 is 0 Å². The quantitative estimate of drug-likeness (QED) is 0.771. The highest BCUT2D eigenvalue weighted by molar-refractivity contribution is 5.35. The summed E-state index contributed by atoms with van der Waals surface area (Å²) in [7, 11) is 0. The molecule has 0 bridgehead atoms. The maximum Gasteiger partial charge on any atom is 0.219 e. The Morgan fingerprint density at radius 1 is 1.29 bits per heavy atom. The second-order valence-corrected chi connectivity index (χ2v) is 4.29. The van der Waals surface area contributed by atoms with Crippen molar-refractivity contribution in [3.63, 3.8) is 0 Å². The number of hydrogen-bond donors (Lipinski definition) is 1. The third-order valence-electron chi connectivity index (χ3n) is 2.37. The van der Waals surface area contributed by atoms with Crippen molar-refractivity contribution in [2.75, 3.05) is 13.2 Å². The van der Waals surface area contributed by atoms with Crippen molar-refractivity contribution in [2.45, 2.75) is 40.4 Å². The molecular formula is C13H21NO3. The minimum atomic E-state index is -0.0561. The number of hydrogen-bond acceptors (Lipinski definition) is 4. The third-order valence-corrected chi connectivity index (χ3v) is 2.37. The number of aliphatic hydroxyl groups is 1. The lowest BCUT2D eigenvalue weighted by molar-refractivity contribution is 0.0536. The number of pyridine rings is 1. The number of aromatic nitrogens is 1. The summed E-state index contributed by atoms with van der Waals surface area (Å²) in [5.41, 5.74) is 2.64. The van der Waals surface area contributed by atoms with Gasteiger partial charge in [-0.25, -0.2) is 4.98 Å². The SMILES string of the molecule is Cc1cc(C)c(CO)c(OCCOC(C)C)n1. The molecule has 0 aliphatic rings. The van der Waals surface area contributed by atoms with Gasteiger partial charge in [0.05, 0.1) is 19.3 Å². The smallest absolute Gasteiger partial charge is 0.219 e. The van der Waals surface area contributed by atoms with Crippen molar-refractivity contribution in [1.82, 2.24) is 4.98 Å². The van der Waals surface area contributed by atoms with E-state index in [1.165, 1.54) is 0 Å². The van der Waals surface area contributed by atoms with Crippen LogP contribution < -0.4 is 4.74 Å². The Labute approximate surface area is 103 Å². The van der Waals surface area contributed by atoms with Gasteiger partial charge >= 0.3 is 0 Å². The molecule has 1 aromatic heterocycles. The molecule has 17 heavy (non-hydrogen) atoms. The Balaban J connectivity index is 2.63. The van der Waals surface area contributed by atoms with Crippen LogP contribution in [-0.2, 0) is 11.3 Å². The first-order valence-electron chi connectivity index (χ1n) is 5.87. The highest BCUT2D eigenvalue weighted by Gasteiger charge is 2.09. The third kappa shape index (κ3) is 4.32. The van der Waals surface area contributed by atoms with E-state index in [1.54, 1.807) is 0 Å². The summed E-state index contributed by atoms with van der Waals surface area (Å²) in [4.78, 5) is 4.28. The van der Waals surface area contributed by atoms with E-state index in [-0.39, 0.29) is 12.7 Å². The van der Waals surface area contributed by atoms with Crippen LogP contribution in [0.25, 0.3) is 0 Å². The Kier molecular flexibility index (Phi) is 5.38. The number of aryl methyl sites for hydroxylation is 2. The van der Waals surface area contributed by atoms with Crippen LogP contribution in [0, 0.1) is 13.8 Å². The zero-order valence-corrected chi connectivity index (χ0v) is 11.0. The van der Waals surface area contributed by atoms with Crippen molar-refractivity contribution in [1.29, 1.82) is 0 Å². The zero-order chi connectivity index (χ0) is 12.8. The van der Waals surface area contributed by atoms with E-state index in [0.717, 1.165) is 16.8 Å². The fourth-order valence-corrected chi connectivity index (χ4v) is 1.56. The van der Waals surface area contributed by atoms with E-state index in [4.69, 9.17) is 9.47 Å². The van der Waals surface area contributed by atoms with Crippen LogP contribution in [0.1, 0.15) is 30.7 Å². The van der Waals surface area contributed by atoms with E-state index in [9.17, 15) is 5.11 Å². The van der Waals surface area contributed by atoms with Gasteiger partial charge in [-0.15, -0.1) is 0 Å². The normalized spacial score (nSPS) is 10.9. The lowest BCUT2D eigenvalue weighted by Crippen LogP contribution is -2.13. The van der Waals surface area contributed by atoms with Crippen LogP contribution in [0.3, 0.4) is 0 Å². The zero-order valence-electron chi connectivity index (χ0n) is 11.0. The van der Waals surface area contributed by atoms with Gasteiger partial charge in [0.15, 0.2) is 0 Å². The van der Waals surface area contributed by atoms with E-state index in [1.807, 2.05) is 33.8 Å². The summed E-state index contributed by atoms with van der Waals surface area (Å²) in [5, 5.41) is 9.28. The molecule has 0 atom stereocenters. The Morgan fingerprint density at radius 2 is 2.00 bits per heavy atom. The summed E-state index contributed by atoms with van der Waals surface area (Å²) >= 11 is 0. The van der Waals surface area contributed by atoms with E-state index >= 15 is 0 Å². The van der Waals surface area contributed by atoms with E-state index in [2.05, 4.69) is 4.98 Å². The lowest BCUT2D eigenvalue weighted by atomic mass is 10.1. The first-order valence-corrected chi connectivity index (χ1v) is 5.87. The van der Waals surface area contributed by atoms with Gasteiger partial charge in [0.1, 0.15) is 6.61 Å². The molecule has 0 aliphatic heterocycles. The molecule has 0 unspecified atom stereocenters. The molecule has 1 heterocycles. The molecule has 1 aromatic rings. The largest absolute Gasteiger partial charge is 0.475 e. The summed E-state index contributed by atoms with van der Waals surface area (Å²) in [6.45, 7) is 8.73. The fourth-order valence-electron chi connectivity index (χ4n) is 1.56. The van der Waals surface area contributed by atoms with Crippen LogP contribution >= 0.6 is 0 Å². The molecular weight excluding hydrogens is 218 g/mol. The molecule has 0 aromatic carbocycles. The van der Waals surface area contributed by atoms with Crippen molar-refractivity contribution >= 4 is 0 Å². The number of nitrogens with zero attached hydrogens (tertiary/aromatic N) is 1. The minimum Gasteiger partial charge on any atom is -0.475 e. The van der Waals surface area contributed by atoms with Gasteiger partial charge in [-0.2, -0.15) is 0 Å². The maximum absolute atomic E-state index is 9.28. The fraction of sp³-hybridized carbons (Fsp3) is 0.615. The van der Waals surface area contributed by atoms with Crippen LogP contribution in [0.5, 0.6) is 5.88 Å². The predicted octanol–water partition coefficient (Wildman–Crippen LogP) is 1.99. The van der Waals surface area contributed by atoms with Crippen molar-refractivity contribution in [3.8, 4) is 5.88 Å². The highest BCUT2D eigenvalue weighted by atomic mass is 16.5. The average molecular weight is 239 g/mol.